The molecular weight excluding hydrogens is 396 g/mol. The Labute approximate surface area is 182 Å². The van der Waals surface area contributed by atoms with Gasteiger partial charge in [0, 0.05) is 12.2 Å². The first kappa shape index (κ1) is 23.5. The molecule has 0 heterocycles. The second-order valence-corrected chi connectivity index (χ2v) is 6.58. The lowest BCUT2D eigenvalue weighted by atomic mass is 10.1. The second-order valence-electron chi connectivity index (χ2n) is 6.58. The molecule has 7 nitrogen and oxygen atoms in total. The van der Waals surface area contributed by atoms with Crippen LogP contribution < -0.4 is 15.4 Å². The van der Waals surface area contributed by atoms with Crippen LogP contribution >= 0.6 is 0 Å². The third-order valence-corrected chi connectivity index (χ3v) is 4.34. The van der Waals surface area contributed by atoms with Gasteiger partial charge in [-0.05, 0) is 24.6 Å². The van der Waals surface area contributed by atoms with E-state index in [1.165, 1.54) is 13.2 Å². The van der Waals surface area contributed by atoms with Gasteiger partial charge in [-0.1, -0.05) is 61.2 Å². The van der Waals surface area contributed by atoms with Crippen molar-refractivity contribution in [2.75, 3.05) is 20.3 Å². The van der Waals surface area contributed by atoms with Gasteiger partial charge in [-0.25, -0.2) is 9.59 Å². The van der Waals surface area contributed by atoms with Gasteiger partial charge in [-0.15, -0.1) is 0 Å². The molecule has 0 fully saturated rings. The average molecular weight is 424 g/mol. The minimum Gasteiger partial charge on any atom is -0.491 e. The molecule has 1 unspecified atom stereocenters. The van der Waals surface area contributed by atoms with E-state index in [9.17, 15) is 9.59 Å². The standard InChI is InChI=1S/C24H28N2O5/c1-4-15-30-24(28)26-21(17-31-20-13-9-6-10-14-20)22(23(27)29-3)18(2)25-16-19-11-7-5-8-12-19/h4-14,21,25H,1,15-17H2,2-3H3,(H,26,28). The largest absolute Gasteiger partial charge is 0.491 e. The quantitative estimate of drug-likeness (QED) is 0.326. The van der Waals surface area contributed by atoms with E-state index in [1.54, 1.807) is 19.1 Å². The summed E-state index contributed by atoms with van der Waals surface area (Å²) in [4.78, 5) is 24.8. The van der Waals surface area contributed by atoms with E-state index >= 15 is 0 Å². The molecule has 0 aliphatic heterocycles. The van der Waals surface area contributed by atoms with Crippen molar-refractivity contribution in [3.05, 3.63) is 90.2 Å². The van der Waals surface area contributed by atoms with Gasteiger partial charge in [-0.2, -0.15) is 0 Å². The van der Waals surface area contributed by atoms with Crippen LogP contribution in [0.4, 0.5) is 4.79 Å². The molecule has 2 aromatic rings. The molecule has 0 saturated carbocycles. The Morgan fingerprint density at radius 1 is 1.06 bits per heavy atom. The van der Waals surface area contributed by atoms with E-state index in [1.807, 2.05) is 48.5 Å². The van der Waals surface area contributed by atoms with Crippen molar-refractivity contribution in [1.82, 2.24) is 10.6 Å². The van der Waals surface area contributed by atoms with Crippen molar-refractivity contribution >= 4 is 12.1 Å². The topological polar surface area (TPSA) is 85.9 Å². The van der Waals surface area contributed by atoms with Gasteiger partial charge in [0.15, 0.2) is 0 Å². The number of nitrogens with one attached hydrogen (secondary N) is 2. The van der Waals surface area contributed by atoms with E-state index in [0.29, 0.717) is 18.0 Å². The number of para-hydroxylation sites is 1. The van der Waals surface area contributed by atoms with Crippen molar-refractivity contribution in [1.29, 1.82) is 0 Å². The first-order valence-electron chi connectivity index (χ1n) is 9.84. The molecule has 7 heteroatoms. The molecule has 164 valence electrons. The molecule has 0 saturated heterocycles. The fourth-order valence-electron chi connectivity index (χ4n) is 2.80. The number of allylic oxidation sites excluding steroid dienone is 1. The Morgan fingerprint density at radius 2 is 1.71 bits per heavy atom. The Kier molecular flexibility index (Phi) is 9.68. The fraction of sp³-hybridized carbons (Fsp3) is 0.250. The minimum absolute atomic E-state index is 0.00198. The zero-order valence-corrected chi connectivity index (χ0v) is 17.8. The van der Waals surface area contributed by atoms with Gasteiger partial charge in [0.25, 0.3) is 0 Å². The molecule has 0 aromatic heterocycles. The van der Waals surface area contributed by atoms with Gasteiger partial charge >= 0.3 is 12.1 Å². The van der Waals surface area contributed by atoms with E-state index in [4.69, 9.17) is 14.2 Å². The molecule has 0 spiro atoms. The van der Waals surface area contributed by atoms with Crippen LogP contribution in [0.1, 0.15) is 12.5 Å². The highest BCUT2D eigenvalue weighted by atomic mass is 16.5. The van der Waals surface area contributed by atoms with Gasteiger partial charge < -0.3 is 24.8 Å². The van der Waals surface area contributed by atoms with E-state index in [0.717, 1.165) is 5.56 Å². The summed E-state index contributed by atoms with van der Waals surface area (Å²) >= 11 is 0. The molecule has 2 aromatic carbocycles. The molecule has 2 rings (SSSR count). The van der Waals surface area contributed by atoms with E-state index in [-0.39, 0.29) is 18.8 Å². The normalized spacial score (nSPS) is 12.1. The van der Waals surface area contributed by atoms with Crippen LogP contribution in [0.25, 0.3) is 0 Å². The van der Waals surface area contributed by atoms with Gasteiger partial charge in [0.1, 0.15) is 25.0 Å². The Bertz CT molecular complexity index is 881. The molecule has 2 N–H and O–H groups in total. The van der Waals surface area contributed by atoms with Crippen LogP contribution in [0.5, 0.6) is 5.75 Å². The molecule has 1 amide bonds. The molecule has 0 aliphatic carbocycles. The maximum Gasteiger partial charge on any atom is 0.408 e. The van der Waals surface area contributed by atoms with Gasteiger partial charge in [0.05, 0.1) is 12.7 Å². The maximum absolute atomic E-state index is 12.6. The Hall–Kier alpha value is -3.74. The first-order valence-corrected chi connectivity index (χ1v) is 9.84. The van der Waals surface area contributed by atoms with Gasteiger partial charge in [0.2, 0.25) is 0 Å². The second kappa shape index (κ2) is 12.7. The van der Waals surface area contributed by atoms with Crippen molar-refractivity contribution in [2.24, 2.45) is 0 Å². The lowest BCUT2D eigenvalue weighted by molar-refractivity contribution is -0.136. The zero-order chi connectivity index (χ0) is 22.5. The summed E-state index contributed by atoms with van der Waals surface area (Å²) in [5, 5.41) is 5.91. The predicted molar refractivity (Wildman–Crippen MR) is 118 cm³/mol. The average Bonchev–Trinajstić information content (AvgIpc) is 2.81. The summed E-state index contributed by atoms with van der Waals surface area (Å²) in [5.74, 6) is 0.0246. The number of esters is 1. The van der Waals surface area contributed by atoms with Crippen molar-refractivity contribution in [2.45, 2.75) is 19.5 Å². The molecular formula is C24H28N2O5. The van der Waals surface area contributed by atoms with Crippen LogP contribution in [0.2, 0.25) is 0 Å². The number of methoxy groups -OCH3 is 1. The van der Waals surface area contributed by atoms with Crippen molar-refractivity contribution < 1.29 is 23.8 Å². The van der Waals surface area contributed by atoms with Crippen molar-refractivity contribution in [3.8, 4) is 5.75 Å². The summed E-state index contributed by atoms with van der Waals surface area (Å²) in [7, 11) is 1.29. The fourth-order valence-corrected chi connectivity index (χ4v) is 2.80. The van der Waals surface area contributed by atoms with Crippen LogP contribution in [0.3, 0.4) is 0 Å². The number of alkyl carbamates (subject to hydrolysis) is 1. The highest BCUT2D eigenvalue weighted by molar-refractivity contribution is 5.91. The smallest absolute Gasteiger partial charge is 0.408 e. The number of hydrogen-bond donors (Lipinski definition) is 2. The number of hydrogen-bond acceptors (Lipinski definition) is 6. The number of ether oxygens (including phenoxy) is 3. The van der Waals surface area contributed by atoms with Gasteiger partial charge in [-0.3, -0.25) is 0 Å². The summed E-state index contributed by atoms with van der Waals surface area (Å²) in [5.41, 5.74) is 1.84. The summed E-state index contributed by atoms with van der Waals surface area (Å²) in [6.45, 7) is 5.82. The zero-order valence-electron chi connectivity index (χ0n) is 17.8. The minimum atomic E-state index is -0.812. The summed E-state index contributed by atoms with van der Waals surface area (Å²) < 4.78 is 15.8. The van der Waals surface area contributed by atoms with Crippen LogP contribution in [-0.2, 0) is 20.8 Å². The summed E-state index contributed by atoms with van der Waals surface area (Å²) in [6.07, 6.45) is 0.762. The highest BCUT2D eigenvalue weighted by Crippen LogP contribution is 2.15. The SMILES string of the molecule is C=CCOC(=O)NC(COc1ccccc1)C(C(=O)OC)=C(C)NCc1ccccc1. The number of carbonyl (C=O) groups excluding carboxylic acids is 2. The lowest BCUT2D eigenvalue weighted by Gasteiger charge is -2.23. The molecule has 0 bridgehead atoms. The Balaban J connectivity index is 2.25. The third-order valence-electron chi connectivity index (χ3n) is 4.34. The lowest BCUT2D eigenvalue weighted by Crippen LogP contribution is -2.44. The van der Waals surface area contributed by atoms with Crippen LogP contribution in [-0.4, -0.2) is 38.4 Å². The van der Waals surface area contributed by atoms with Crippen LogP contribution in [0.15, 0.2) is 84.6 Å². The maximum atomic E-state index is 12.6. The third kappa shape index (κ3) is 7.89. The molecule has 1 atom stereocenters. The Morgan fingerprint density at radius 3 is 2.32 bits per heavy atom. The number of benzene rings is 2. The predicted octanol–water partition coefficient (Wildman–Crippen LogP) is 3.58. The number of rotatable bonds is 11. The molecule has 0 radical (unpaired) electrons. The van der Waals surface area contributed by atoms with Crippen molar-refractivity contribution in [3.63, 3.8) is 0 Å². The first-order chi connectivity index (χ1) is 15.0. The monoisotopic (exact) mass is 424 g/mol. The molecule has 31 heavy (non-hydrogen) atoms. The number of amides is 1. The summed E-state index contributed by atoms with van der Waals surface area (Å²) in [6, 6.07) is 18.0. The number of carbonyl (C=O) groups is 2. The van der Waals surface area contributed by atoms with Crippen LogP contribution in [0, 0.1) is 0 Å². The molecule has 0 aliphatic rings. The highest BCUT2D eigenvalue weighted by Gasteiger charge is 2.27. The van der Waals surface area contributed by atoms with E-state index < -0.39 is 18.1 Å². The van der Waals surface area contributed by atoms with E-state index in [2.05, 4.69) is 17.2 Å².